The number of amides is 1. The van der Waals surface area contributed by atoms with Gasteiger partial charge in [-0.3, -0.25) is 14.9 Å². The van der Waals surface area contributed by atoms with Crippen molar-refractivity contribution in [2.75, 3.05) is 26.9 Å². The van der Waals surface area contributed by atoms with Gasteiger partial charge in [-0.2, -0.15) is 0 Å². The first kappa shape index (κ1) is 21.5. The Morgan fingerprint density at radius 3 is 2.61 bits per heavy atom. The monoisotopic (exact) mass is 407 g/mol. The first-order chi connectivity index (χ1) is 13.5. The maximum atomic E-state index is 12.9. The molecule has 0 fully saturated rings. The average Bonchev–Trinajstić information content (AvgIpc) is 3.17. The number of aromatic nitrogens is 1. The molecule has 0 atom stereocenters. The van der Waals surface area contributed by atoms with Crippen molar-refractivity contribution in [1.29, 1.82) is 0 Å². The van der Waals surface area contributed by atoms with Crippen molar-refractivity contribution in [2.24, 2.45) is 0 Å². The molecule has 0 N–H and O–H groups in total. The van der Waals surface area contributed by atoms with E-state index in [2.05, 4.69) is 9.72 Å². The van der Waals surface area contributed by atoms with Crippen molar-refractivity contribution >= 4 is 28.9 Å². The summed E-state index contributed by atoms with van der Waals surface area (Å²) in [6.45, 7) is 3.62. The van der Waals surface area contributed by atoms with Crippen LogP contribution in [0, 0.1) is 10.1 Å². The normalized spacial score (nSPS) is 10.5. The number of carbonyl (C=O) groups is 2. The van der Waals surface area contributed by atoms with Crippen molar-refractivity contribution < 1.29 is 24.0 Å². The van der Waals surface area contributed by atoms with E-state index in [4.69, 9.17) is 4.74 Å². The number of rotatable bonds is 10. The zero-order valence-electron chi connectivity index (χ0n) is 15.6. The number of thiazole rings is 1. The molecule has 2 rings (SSSR count). The lowest BCUT2D eigenvalue weighted by Crippen LogP contribution is -2.32. The fraction of sp³-hybridized carbons (Fsp3) is 0.389. The van der Waals surface area contributed by atoms with Gasteiger partial charge in [0.25, 0.3) is 11.6 Å². The summed E-state index contributed by atoms with van der Waals surface area (Å²) in [6, 6.07) is 5.45. The van der Waals surface area contributed by atoms with Gasteiger partial charge in [0.1, 0.15) is 5.01 Å². The van der Waals surface area contributed by atoms with Crippen molar-refractivity contribution in [3.63, 3.8) is 0 Å². The number of nitro groups is 1. The van der Waals surface area contributed by atoms with Crippen molar-refractivity contribution in [1.82, 2.24) is 9.88 Å². The van der Waals surface area contributed by atoms with Gasteiger partial charge in [0.05, 0.1) is 18.6 Å². The van der Waals surface area contributed by atoms with Gasteiger partial charge < -0.3 is 14.4 Å². The first-order valence-electron chi connectivity index (χ1n) is 8.60. The van der Waals surface area contributed by atoms with E-state index in [0.29, 0.717) is 36.8 Å². The molecule has 10 heteroatoms. The lowest BCUT2D eigenvalue weighted by Gasteiger charge is -2.21. The molecule has 9 nitrogen and oxygen atoms in total. The third-order valence-electron chi connectivity index (χ3n) is 3.81. The molecule has 1 heterocycles. The number of esters is 1. The Balaban J connectivity index is 2.15. The number of nitrogens with zero attached hydrogens (tertiary/aromatic N) is 3. The lowest BCUT2D eigenvalue weighted by molar-refractivity contribution is -0.384. The van der Waals surface area contributed by atoms with Gasteiger partial charge in [-0.15, -0.1) is 11.3 Å². The molecule has 0 aliphatic carbocycles. The Morgan fingerprint density at radius 1 is 1.29 bits per heavy atom. The Bertz CT molecular complexity index is 821. The second-order valence-corrected chi connectivity index (χ2v) is 6.64. The van der Waals surface area contributed by atoms with E-state index in [1.54, 1.807) is 10.3 Å². The van der Waals surface area contributed by atoms with Crippen LogP contribution in [0.5, 0.6) is 0 Å². The maximum Gasteiger partial charge on any atom is 0.357 e. The van der Waals surface area contributed by atoms with Crippen LogP contribution in [-0.4, -0.2) is 53.6 Å². The van der Waals surface area contributed by atoms with E-state index in [1.807, 2.05) is 6.92 Å². The fourth-order valence-electron chi connectivity index (χ4n) is 2.41. The molecule has 0 saturated carbocycles. The zero-order chi connectivity index (χ0) is 20.5. The highest BCUT2D eigenvalue weighted by Gasteiger charge is 2.20. The highest BCUT2D eigenvalue weighted by Crippen LogP contribution is 2.18. The molecule has 1 aromatic heterocycles. The summed E-state index contributed by atoms with van der Waals surface area (Å²) in [5, 5.41) is 13.0. The molecular weight excluding hydrogens is 386 g/mol. The Kier molecular flexibility index (Phi) is 8.02. The third kappa shape index (κ3) is 5.83. The number of carbonyl (C=O) groups excluding carboxylic acids is 2. The number of nitro benzene ring substituents is 1. The molecule has 28 heavy (non-hydrogen) atoms. The van der Waals surface area contributed by atoms with E-state index in [1.165, 1.54) is 42.7 Å². The van der Waals surface area contributed by atoms with Crippen molar-refractivity contribution in [3.8, 4) is 0 Å². The average molecular weight is 407 g/mol. The van der Waals surface area contributed by atoms with Crippen LogP contribution < -0.4 is 0 Å². The topological polar surface area (TPSA) is 112 Å². The molecule has 1 amide bonds. The lowest BCUT2D eigenvalue weighted by atomic mass is 10.1. The van der Waals surface area contributed by atoms with E-state index in [-0.39, 0.29) is 23.8 Å². The SMILES string of the molecule is CCOCCCN(Cc1nc(C(=O)OC)cs1)C(=O)c1ccc([N+](=O)[O-])cc1. The molecule has 0 spiro atoms. The van der Waals surface area contributed by atoms with Gasteiger partial charge >= 0.3 is 5.97 Å². The molecular formula is C18H21N3O6S. The van der Waals surface area contributed by atoms with E-state index < -0.39 is 10.9 Å². The van der Waals surface area contributed by atoms with E-state index in [9.17, 15) is 19.7 Å². The summed E-state index contributed by atoms with van der Waals surface area (Å²) in [4.78, 5) is 40.5. The zero-order valence-corrected chi connectivity index (χ0v) is 16.4. The summed E-state index contributed by atoms with van der Waals surface area (Å²) in [7, 11) is 1.28. The molecule has 0 radical (unpaired) electrons. The van der Waals surface area contributed by atoms with Crippen LogP contribution in [0.1, 0.15) is 39.2 Å². The number of ether oxygens (including phenoxy) is 2. The summed E-state index contributed by atoms with van der Waals surface area (Å²) >= 11 is 1.26. The molecule has 0 saturated heterocycles. The second-order valence-electron chi connectivity index (χ2n) is 5.70. The second kappa shape index (κ2) is 10.5. The molecule has 0 aliphatic heterocycles. The quantitative estimate of drug-likeness (QED) is 0.258. The van der Waals surface area contributed by atoms with Crippen LogP contribution in [0.15, 0.2) is 29.6 Å². The summed E-state index contributed by atoms with van der Waals surface area (Å²) in [5.74, 6) is -0.812. The first-order valence-corrected chi connectivity index (χ1v) is 9.48. The fourth-order valence-corrected chi connectivity index (χ4v) is 3.19. The minimum atomic E-state index is -0.535. The van der Waals surface area contributed by atoms with Crippen LogP contribution in [0.2, 0.25) is 0 Å². The van der Waals surface area contributed by atoms with Crippen LogP contribution >= 0.6 is 11.3 Å². The minimum absolute atomic E-state index is 0.0814. The number of non-ortho nitro benzene ring substituents is 1. The van der Waals surface area contributed by atoms with Gasteiger partial charge in [0.15, 0.2) is 5.69 Å². The molecule has 0 bridgehead atoms. The number of hydrogen-bond donors (Lipinski definition) is 0. The van der Waals surface area contributed by atoms with Crippen molar-refractivity contribution in [3.05, 3.63) is 56.0 Å². The summed E-state index contributed by atoms with van der Waals surface area (Å²) < 4.78 is 9.97. The summed E-state index contributed by atoms with van der Waals surface area (Å²) in [6.07, 6.45) is 0.627. The maximum absolute atomic E-state index is 12.9. The predicted octanol–water partition coefficient (Wildman–Crippen LogP) is 2.91. The van der Waals surface area contributed by atoms with Gasteiger partial charge in [-0.05, 0) is 25.5 Å². The van der Waals surface area contributed by atoms with Crippen molar-refractivity contribution in [2.45, 2.75) is 19.9 Å². The predicted molar refractivity (Wildman–Crippen MR) is 102 cm³/mol. The molecule has 0 aliphatic rings. The van der Waals surface area contributed by atoms with E-state index >= 15 is 0 Å². The largest absolute Gasteiger partial charge is 0.464 e. The Hall–Kier alpha value is -2.85. The Morgan fingerprint density at radius 2 is 2.00 bits per heavy atom. The summed E-state index contributed by atoms with van der Waals surface area (Å²) in [5.41, 5.74) is 0.452. The number of hydrogen-bond acceptors (Lipinski definition) is 8. The third-order valence-corrected chi connectivity index (χ3v) is 4.64. The molecule has 1 aromatic carbocycles. The van der Waals surface area contributed by atoms with Crippen LogP contribution in [0.4, 0.5) is 5.69 Å². The van der Waals surface area contributed by atoms with Crippen LogP contribution in [-0.2, 0) is 16.0 Å². The van der Waals surface area contributed by atoms with Gasteiger partial charge in [0, 0.05) is 42.8 Å². The smallest absolute Gasteiger partial charge is 0.357 e. The molecule has 2 aromatic rings. The standard InChI is InChI=1S/C18H21N3O6S/c1-3-27-10-4-9-20(11-16-19-15(12-28-16)18(23)26-2)17(22)13-5-7-14(8-6-13)21(24)25/h5-8,12H,3-4,9-11H2,1-2H3. The molecule has 0 unspecified atom stereocenters. The van der Waals surface area contributed by atoms with Gasteiger partial charge in [-0.25, -0.2) is 9.78 Å². The molecule has 150 valence electrons. The Labute approximate surface area is 166 Å². The minimum Gasteiger partial charge on any atom is -0.464 e. The van der Waals surface area contributed by atoms with Gasteiger partial charge in [0.2, 0.25) is 0 Å². The number of methoxy groups -OCH3 is 1. The van der Waals surface area contributed by atoms with Crippen LogP contribution in [0.3, 0.4) is 0 Å². The highest BCUT2D eigenvalue weighted by molar-refractivity contribution is 7.09. The van der Waals surface area contributed by atoms with Gasteiger partial charge in [-0.1, -0.05) is 0 Å². The van der Waals surface area contributed by atoms with Crippen LogP contribution in [0.25, 0.3) is 0 Å². The van der Waals surface area contributed by atoms with E-state index in [0.717, 1.165) is 0 Å². The number of benzene rings is 1. The highest BCUT2D eigenvalue weighted by atomic mass is 32.1.